The van der Waals surface area contributed by atoms with Gasteiger partial charge in [-0.25, -0.2) is 0 Å². The van der Waals surface area contributed by atoms with Crippen LogP contribution in [0.15, 0.2) is 52.4 Å². The van der Waals surface area contributed by atoms with Crippen LogP contribution in [0.25, 0.3) is 16.7 Å². The van der Waals surface area contributed by atoms with Gasteiger partial charge in [0.2, 0.25) is 5.78 Å². The maximum absolute atomic E-state index is 13.1. The molecule has 0 atom stereocenters. The van der Waals surface area contributed by atoms with E-state index in [1.165, 1.54) is 11.8 Å². The first-order valence-corrected chi connectivity index (χ1v) is 10.6. The first kappa shape index (κ1) is 19.3. The monoisotopic (exact) mass is 432 g/mol. The molecule has 2 heterocycles. The predicted molar refractivity (Wildman–Crippen MR) is 116 cm³/mol. The van der Waals surface area contributed by atoms with Crippen molar-refractivity contribution in [2.24, 2.45) is 5.92 Å². The van der Waals surface area contributed by atoms with Gasteiger partial charge in [0, 0.05) is 22.3 Å². The molecule has 144 valence electrons. The zero-order valence-electron chi connectivity index (χ0n) is 15.4. The van der Waals surface area contributed by atoms with Crippen molar-refractivity contribution in [2.45, 2.75) is 31.3 Å². The minimum Gasteiger partial charge on any atom is -0.276 e. The molecule has 4 rings (SSSR count). The van der Waals surface area contributed by atoms with Crippen molar-refractivity contribution in [2.75, 3.05) is 0 Å². The van der Waals surface area contributed by atoms with Crippen LogP contribution in [-0.2, 0) is 12.3 Å². The van der Waals surface area contributed by atoms with E-state index in [4.69, 9.17) is 23.2 Å². The average molecular weight is 433 g/mol. The molecule has 0 fully saturated rings. The largest absolute Gasteiger partial charge is 0.276 e. The van der Waals surface area contributed by atoms with Gasteiger partial charge in [-0.05, 0) is 35.7 Å². The van der Waals surface area contributed by atoms with Crippen molar-refractivity contribution in [3.8, 4) is 0 Å². The predicted octanol–water partition coefficient (Wildman–Crippen LogP) is 5.30. The minimum atomic E-state index is -0.103. The number of benzene rings is 2. The third-order valence-corrected chi connectivity index (χ3v) is 5.98. The van der Waals surface area contributed by atoms with Crippen LogP contribution in [0.2, 0.25) is 10.0 Å². The summed E-state index contributed by atoms with van der Waals surface area (Å²) in [7, 11) is 0. The van der Waals surface area contributed by atoms with Crippen molar-refractivity contribution >= 4 is 51.6 Å². The summed E-state index contributed by atoms with van der Waals surface area (Å²) >= 11 is 14.0. The minimum absolute atomic E-state index is 0.103. The molecule has 0 saturated heterocycles. The number of halogens is 2. The van der Waals surface area contributed by atoms with Crippen LogP contribution in [-0.4, -0.2) is 19.2 Å². The maximum Gasteiger partial charge on any atom is 0.262 e. The molecular weight excluding hydrogens is 415 g/mol. The van der Waals surface area contributed by atoms with Crippen LogP contribution >= 0.6 is 35.0 Å². The van der Waals surface area contributed by atoms with E-state index < -0.39 is 0 Å². The molecule has 2 aromatic carbocycles. The molecule has 0 aliphatic heterocycles. The summed E-state index contributed by atoms with van der Waals surface area (Å²) < 4.78 is 3.60. The zero-order valence-corrected chi connectivity index (χ0v) is 17.7. The van der Waals surface area contributed by atoms with Gasteiger partial charge in [-0.1, -0.05) is 67.0 Å². The van der Waals surface area contributed by atoms with Gasteiger partial charge >= 0.3 is 0 Å². The number of hydrogen-bond donors (Lipinski definition) is 0. The average Bonchev–Trinajstić information content (AvgIpc) is 3.08. The van der Waals surface area contributed by atoms with Gasteiger partial charge < -0.3 is 0 Å². The lowest BCUT2D eigenvalue weighted by molar-refractivity contribution is 0.517. The molecular formula is C20H18Cl2N4OS. The topological polar surface area (TPSA) is 52.2 Å². The molecule has 0 bridgehead atoms. The maximum atomic E-state index is 13.1. The van der Waals surface area contributed by atoms with Crippen LogP contribution in [0, 0.1) is 5.92 Å². The summed E-state index contributed by atoms with van der Waals surface area (Å²) in [6.45, 7) is 4.68. The molecule has 0 saturated carbocycles. The van der Waals surface area contributed by atoms with Crippen LogP contribution in [0.5, 0.6) is 0 Å². The van der Waals surface area contributed by atoms with Gasteiger partial charge in [0.1, 0.15) is 0 Å². The van der Waals surface area contributed by atoms with E-state index in [0.29, 0.717) is 33.6 Å². The third kappa shape index (κ3) is 3.52. The second-order valence-corrected chi connectivity index (χ2v) is 8.76. The highest BCUT2D eigenvalue weighted by Gasteiger charge is 2.18. The van der Waals surface area contributed by atoms with Crippen LogP contribution in [0.4, 0.5) is 0 Å². The van der Waals surface area contributed by atoms with E-state index in [0.717, 1.165) is 16.1 Å². The molecule has 0 aliphatic rings. The molecule has 0 radical (unpaired) electrons. The van der Waals surface area contributed by atoms with E-state index in [1.54, 1.807) is 16.7 Å². The lowest BCUT2D eigenvalue weighted by Crippen LogP contribution is -2.25. The molecule has 0 spiro atoms. The summed E-state index contributed by atoms with van der Waals surface area (Å²) in [4.78, 5) is 13.1. The number of hydrogen-bond acceptors (Lipinski definition) is 4. The lowest BCUT2D eigenvalue weighted by Gasteiger charge is -2.13. The Morgan fingerprint density at radius 2 is 1.89 bits per heavy atom. The number of rotatable bonds is 5. The fraction of sp³-hybridized carbons (Fsp3) is 0.250. The molecule has 0 aliphatic carbocycles. The Bertz CT molecular complexity index is 1230. The number of aromatic nitrogens is 4. The Kier molecular flexibility index (Phi) is 5.36. The SMILES string of the molecule is CC(C)Cn1c(=O)c2cc(Cl)ccc2n2c(SCc3ccccc3Cl)nnc12. The molecule has 5 nitrogen and oxygen atoms in total. The van der Waals surface area contributed by atoms with Crippen molar-refractivity contribution in [3.63, 3.8) is 0 Å². The van der Waals surface area contributed by atoms with Gasteiger partial charge in [0.25, 0.3) is 5.56 Å². The number of thioether (sulfide) groups is 1. The highest BCUT2D eigenvalue weighted by molar-refractivity contribution is 7.98. The Morgan fingerprint density at radius 3 is 2.64 bits per heavy atom. The first-order valence-electron chi connectivity index (χ1n) is 8.89. The van der Waals surface area contributed by atoms with Crippen molar-refractivity contribution in [1.82, 2.24) is 19.2 Å². The molecule has 0 amide bonds. The normalized spacial score (nSPS) is 11.8. The van der Waals surface area contributed by atoms with Gasteiger partial charge in [-0.2, -0.15) is 0 Å². The Hall–Kier alpha value is -2.02. The molecule has 0 unspecified atom stereocenters. The highest BCUT2D eigenvalue weighted by atomic mass is 35.5. The van der Waals surface area contributed by atoms with E-state index >= 15 is 0 Å². The molecule has 4 aromatic rings. The summed E-state index contributed by atoms with van der Waals surface area (Å²) in [6.07, 6.45) is 0. The van der Waals surface area contributed by atoms with Crippen LogP contribution in [0.1, 0.15) is 19.4 Å². The van der Waals surface area contributed by atoms with Gasteiger partial charge in [0.05, 0.1) is 10.9 Å². The molecule has 8 heteroatoms. The molecule has 0 N–H and O–H groups in total. The lowest BCUT2D eigenvalue weighted by atomic mass is 10.2. The van der Waals surface area contributed by atoms with Crippen LogP contribution in [0.3, 0.4) is 0 Å². The fourth-order valence-electron chi connectivity index (χ4n) is 3.14. The van der Waals surface area contributed by atoms with Crippen molar-refractivity contribution in [3.05, 3.63) is 68.4 Å². The Labute approximate surface area is 176 Å². The van der Waals surface area contributed by atoms with Gasteiger partial charge in [-0.15, -0.1) is 10.2 Å². The highest BCUT2D eigenvalue weighted by Crippen LogP contribution is 2.28. The Morgan fingerprint density at radius 1 is 1.11 bits per heavy atom. The summed E-state index contributed by atoms with van der Waals surface area (Å²) in [6, 6.07) is 13.1. The number of nitrogens with zero attached hydrogens (tertiary/aromatic N) is 4. The first-order chi connectivity index (χ1) is 13.5. The standard InChI is InChI=1S/C20H18Cl2N4OS/c1-12(2)10-25-18(27)15-9-14(21)7-8-17(15)26-19(25)23-24-20(26)28-11-13-5-3-4-6-16(13)22/h3-9,12H,10-11H2,1-2H3. The summed E-state index contributed by atoms with van der Waals surface area (Å²) in [5, 5.41) is 11.2. The number of fused-ring (bicyclic) bond motifs is 3. The molecule has 28 heavy (non-hydrogen) atoms. The third-order valence-electron chi connectivity index (χ3n) is 4.40. The van der Waals surface area contributed by atoms with Gasteiger partial charge in [0.15, 0.2) is 5.16 Å². The van der Waals surface area contributed by atoms with E-state index in [-0.39, 0.29) is 11.5 Å². The van der Waals surface area contributed by atoms with Gasteiger partial charge in [-0.3, -0.25) is 13.8 Å². The molecule has 2 aromatic heterocycles. The van der Waals surface area contributed by atoms with Crippen molar-refractivity contribution < 1.29 is 0 Å². The van der Waals surface area contributed by atoms with E-state index in [1.807, 2.05) is 34.7 Å². The van der Waals surface area contributed by atoms with Crippen LogP contribution < -0.4 is 5.56 Å². The summed E-state index contributed by atoms with van der Waals surface area (Å²) in [5.74, 6) is 1.48. The summed E-state index contributed by atoms with van der Waals surface area (Å²) in [5.41, 5.74) is 1.67. The fourth-order valence-corrected chi connectivity index (χ4v) is 4.54. The Balaban J connectivity index is 1.89. The smallest absolute Gasteiger partial charge is 0.262 e. The van der Waals surface area contributed by atoms with E-state index in [9.17, 15) is 4.79 Å². The van der Waals surface area contributed by atoms with Crippen molar-refractivity contribution in [1.29, 1.82) is 0 Å². The second kappa shape index (κ2) is 7.78. The van der Waals surface area contributed by atoms with E-state index in [2.05, 4.69) is 24.0 Å². The quantitative estimate of drug-likeness (QED) is 0.401. The second-order valence-electron chi connectivity index (χ2n) is 6.97. The zero-order chi connectivity index (χ0) is 19.8.